The summed E-state index contributed by atoms with van der Waals surface area (Å²) in [6, 6.07) is 7.34. The SMILES string of the molecule is O=C(/C=C/C(=O)c1ccc(Br)cc1)NC1CC1. The van der Waals surface area contributed by atoms with Crippen molar-refractivity contribution in [3.8, 4) is 0 Å². The molecule has 4 heteroatoms. The summed E-state index contributed by atoms with van der Waals surface area (Å²) in [6.45, 7) is 0. The molecule has 2 rings (SSSR count). The number of hydrogen-bond acceptors (Lipinski definition) is 2. The molecule has 88 valence electrons. The molecular formula is C13H12BrNO2. The van der Waals surface area contributed by atoms with Crippen LogP contribution >= 0.6 is 15.9 Å². The van der Waals surface area contributed by atoms with E-state index in [9.17, 15) is 9.59 Å². The first-order valence-electron chi connectivity index (χ1n) is 5.43. The second-order valence-corrected chi connectivity index (χ2v) is 4.90. The highest BCUT2D eigenvalue weighted by Crippen LogP contribution is 2.18. The average Bonchev–Trinajstić information content (AvgIpc) is 3.11. The van der Waals surface area contributed by atoms with Crippen molar-refractivity contribution in [1.82, 2.24) is 5.32 Å². The Morgan fingerprint density at radius 3 is 2.41 bits per heavy atom. The Labute approximate surface area is 108 Å². The van der Waals surface area contributed by atoms with Crippen LogP contribution in [0, 0.1) is 0 Å². The van der Waals surface area contributed by atoms with Gasteiger partial charge < -0.3 is 5.32 Å². The second-order valence-electron chi connectivity index (χ2n) is 3.99. The van der Waals surface area contributed by atoms with Crippen LogP contribution in [0.15, 0.2) is 40.9 Å². The zero-order valence-electron chi connectivity index (χ0n) is 9.15. The molecule has 0 bridgehead atoms. The molecule has 0 atom stereocenters. The third-order valence-corrected chi connectivity index (χ3v) is 2.97. The van der Waals surface area contributed by atoms with Gasteiger partial charge in [-0.05, 0) is 43.2 Å². The number of halogens is 1. The summed E-state index contributed by atoms with van der Waals surface area (Å²) in [4.78, 5) is 23.0. The van der Waals surface area contributed by atoms with Crippen LogP contribution in [0.1, 0.15) is 23.2 Å². The van der Waals surface area contributed by atoms with E-state index in [1.807, 2.05) is 0 Å². The van der Waals surface area contributed by atoms with E-state index < -0.39 is 0 Å². The van der Waals surface area contributed by atoms with Gasteiger partial charge >= 0.3 is 0 Å². The molecule has 17 heavy (non-hydrogen) atoms. The predicted octanol–water partition coefficient (Wildman–Crippen LogP) is 2.47. The fourth-order valence-corrected chi connectivity index (χ4v) is 1.60. The molecule has 1 saturated carbocycles. The van der Waals surface area contributed by atoms with Gasteiger partial charge in [0.05, 0.1) is 0 Å². The Morgan fingerprint density at radius 1 is 1.18 bits per heavy atom. The highest BCUT2D eigenvalue weighted by molar-refractivity contribution is 9.10. The number of nitrogens with one attached hydrogen (secondary N) is 1. The van der Waals surface area contributed by atoms with Gasteiger partial charge in [-0.3, -0.25) is 9.59 Å². The van der Waals surface area contributed by atoms with Crippen molar-refractivity contribution in [2.75, 3.05) is 0 Å². The molecule has 0 unspecified atom stereocenters. The van der Waals surface area contributed by atoms with Crippen molar-refractivity contribution in [3.63, 3.8) is 0 Å². The minimum absolute atomic E-state index is 0.163. The monoisotopic (exact) mass is 293 g/mol. The normalized spacial score (nSPS) is 14.9. The van der Waals surface area contributed by atoms with Gasteiger partial charge in [0.15, 0.2) is 5.78 Å². The van der Waals surface area contributed by atoms with Crippen molar-refractivity contribution < 1.29 is 9.59 Å². The van der Waals surface area contributed by atoms with E-state index in [1.165, 1.54) is 12.2 Å². The molecule has 1 aromatic rings. The lowest BCUT2D eigenvalue weighted by molar-refractivity contribution is -0.116. The Morgan fingerprint density at radius 2 is 1.82 bits per heavy atom. The van der Waals surface area contributed by atoms with Gasteiger partial charge in [-0.25, -0.2) is 0 Å². The van der Waals surface area contributed by atoms with E-state index in [4.69, 9.17) is 0 Å². The van der Waals surface area contributed by atoms with Gasteiger partial charge in [0, 0.05) is 22.2 Å². The molecular weight excluding hydrogens is 282 g/mol. The topological polar surface area (TPSA) is 46.2 Å². The molecule has 1 aliphatic rings. The maximum atomic E-state index is 11.7. The van der Waals surface area contributed by atoms with Gasteiger partial charge in [0.25, 0.3) is 0 Å². The van der Waals surface area contributed by atoms with Gasteiger partial charge in [0.1, 0.15) is 0 Å². The Hall–Kier alpha value is -1.42. The summed E-state index contributed by atoms with van der Waals surface area (Å²) in [5.74, 6) is -0.360. The molecule has 1 aromatic carbocycles. The maximum Gasteiger partial charge on any atom is 0.244 e. The fraction of sp³-hybridized carbons (Fsp3) is 0.231. The number of hydrogen-bond donors (Lipinski definition) is 1. The van der Waals surface area contributed by atoms with E-state index in [1.54, 1.807) is 24.3 Å². The zero-order chi connectivity index (χ0) is 12.3. The summed E-state index contributed by atoms with van der Waals surface area (Å²) < 4.78 is 0.921. The van der Waals surface area contributed by atoms with Crippen molar-refractivity contribution >= 4 is 27.6 Å². The number of carbonyl (C=O) groups is 2. The van der Waals surface area contributed by atoms with Gasteiger partial charge in [-0.15, -0.1) is 0 Å². The van der Waals surface area contributed by atoms with E-state index >= 15 is 0 Å². The van der Waals surface area contributed by atoms with Crippen LogP contribution in [0.2, 0.25) is 0 Å². The minimum atomic E-state index is -0.196. The smallest absolute Gasteiger partial charge is 0.244 e. The molecule has 0 saturated heterocycles. The Kier molecular flexibility index (Phi) is 3.74. The van der Waals surface area contributed by atoms with Gasteiger partial charge in [-0.1, -0.05) is 15.9 Å². The Bertz CT molecular complexity index is 461. The number of benzene rings is 1. The molecule has 1 fully saturated rings. The van der Waals surface area contributed by atoms with Crippen molar-refractivity contribution in [1.29, 1.82) is 0 Å². The minimum Gasteiger partial charge on any atom is -0.350 e. The first-order valence-corrected chi connectivity index (χ1v) is 6.23. The lowest BCUT2D eigenvalue weighted by Crippen LogP contribution is -2.23. The molecule has 0 radical (unpaired) electrons. The summed E-state index contributed by atoms with van der Waals surface area (Å²) in [5, 5.41) is 2.78. The van der Waals surface area contributed by atoms with Crippen LogP contribution in [-0.2, 0) is 4.79 Å². The fourth-order valence-electron chi connectivity index (χ4n) is 1.34. The van der Waals surface area contributed by atoms with Gasteiger partial charge in [-0.2, -0.15) is 0 Å². The summed E-state index contributed by atoms with van der Waals surface area (Å²) in [6.07, 6.45) is 4.68. The molecule has 3 nitrogen and oxygen atoms in total. The second kappa shape index (κ2) is 5.27. The van der Waals surface area contributed by atoms with Crippen molar-refractivity contribution in [3.05, 3.63) is 46.5 Å². The molecule has 0 aliphatic heterocycles. The van der Waals surface area contributed by atoms with Gasteiger partial charge in [0.2, 0.25) is 5.91 Å². The number of allylic oxidation sites excluding steroid dienone is 1. The maximum absolute atomic E-state index is 11.7. The van der Waals surface area contributed by atoms with Crippen molar-refractivity contribution in [2.24, 2.45) is 0 Å². The van der Waals surface area contributed by atoms with Crippen LogP contribution in [-0.4, -0.2) is 17.7 Å². The average molecular weight is 294 g/mol. The van der Waals surface area contributed by atoms with Crippen LogP contribution in [0.3, 0.4) is 0 Å². The summed E-state index contributed by atoms with van der Waals surface area (Å²) in [5.41, 5.74) is 0.573. The van der Waals surface area contributed by atoms with Crippen LogP contribution in [0.5, 0.6) is 0 Å². The summed E-state index contributed by atoms with van der Waals surface area (Å²) in [7, 11) is 0. The lowest BCUT2D eigenvalue weighted by Gasteiger charge is -1.97. The number of amides is 1. The summed E-state index contributed by atoms with van der Waals surface area (Å²) >= 11 is 3.30. The first kappa shape index (κ1) is 12.0. The molecule has 1 aliphatic carbocycles. The number of ketones is 1. The largest absolute Gasteiger partial charge is 0.350 e. The third kappa shape index (κ3) is 3.82. The third-order valence-electron chi connectivity index (χ3n) is 2.44. The lowest BCUT2D eigenvalue weighted by atomic mass is 10.1. The number of carbonyl (C=O) groups excluding carboxylic acids is 2. The molecule has 0 heterocycles. The standard InChI is InChI=1S/C13H12BrNO2/c14-10-3-1-9(2-4-10)12(16)7-8-13(17)15-11-5-6-11/h1-4,7-8,11H,5-6H2,(H,15,17)/b8-7+. The molecule has 1 amide bonds. The first-order chi connectivity index (χ1) is 8.15. The molecule has 0 aromatic heterocycles. The van der Waals surface area contributed by atoms with E-state index in [0.717, 1.165) is 17.3 Å². The van der Waals surface area contributed by atoms with Crippen LogP contribution in [0.4, 0.5) is 0 Å². The number of rotatable bonds is 4. The zero-order valence-corrected chi connectivity index (χ0v) is 10.7. The van der Waals surface area contributed by atoms with Crippen LogP contribution in [0.25, 0.3) is 0 Å². The molecule has 1 N–H and O–H groups in total. The van der Waals surface area contributed by atoms with E-state index in [0.29, 0.717) is 11.6 Å². The van der Waals surface area contributed by atoms with E-state index in [-0.39, 0.29) is 11.7 Å². The van der Waals surface area contributed by atoms with Crippen molar-refractivity contribution in [2.45, 2.75) is 18.9 Å². The quantitative estimate of drug-likeness (QED) is 0.685. The molecule has 0 spiro atoms. The highest BCUT2D eigenvalue weighted by atomic mass is 79.9. The van der Waals surface area contributed by atoms with E-state index in [2.05, 4.69) is 21.2 Å². The predicted molar refractivity (Wildman–Crippen MR) is 68.8 cm³/mol. The highest BCUT2D eigenvalue weighted by Gasteiger charge is 2.22. The Balaban J connectivity index is 1.93. The van der Waals surface area contributed by atoms with Crippen LogP contribution < -0.4 is 5.32 Å².